The van der Waals surface area contributed by atoms with Gasteiger partial charge < -0.3 is 0 Å². The first-order valence-electron chi connectivity index (χ1n) is 6.47. The largest absolute Gasteiger partial charge is 0.291 e. The second-order valence-corrected chi connectivity index (χ2v) is 5.69. The predicted molar refractivity (Wildman–Crippen MR) is 82.1 cm³/mol. The van der Waals surface area contributed by atoms with E-state index in [0.717, 1.165) is 18.5 Å². The lowest BCUT2D eigenvalue weighted by atomic mass is 10.2. The van der Waals surface area contributed by atoms with Crippen LogP contribution in [0.4, 0.5) is 0 Å². The summed E-state index contributed by atoms with van der Waals surface area (Å²) >= 11 is 11.8. The minimum absolute atomic E-state index is 0.330. The van der Waals surface area contributed by atoms with Gasteiger partial charge in [0.15, 0.2) is 5.69 Å². The number of benzene rings is 1. The van der Waals surface area contributed by atoms with Crippen molar-refractivity contribution in [3.8, 4) is 0 Å². The van der Waals surface area contributed by atoms with Gasteiger partial charge in [0.1, 0.15) is 0 Å². The first kappa shape index (κ1) is 14.1. The van der Waals surface area contributed by atoms with Gasteiger partial charge in [-0.2, -0.15) is 10.2 Å². The van der Waals surface area contributed by atoms with Gasteiger partial charge in [-0.25, -0.2) is 5.43 Å². The molecule has 1 aromatic carbocycles. The number of carbonyl (C=O) groups is 1. The molecule has 1 amide bonds. The maximum absolute atomic E-state index is 11.9. The van der Waals surface area contributed by atoms with Gasteiger partial charge in [0.2, 0.25) is 0 Å². The number of amides is 1. The van der Waals surface area contributed by atoms with Crippen LogP contribution in [0.5, 0.6) is 0 Å². The van der Waals surface area contributed by atoms with Gasteiger partial charge in [0.05, 0.1) is 11.2 Å². The topological polar surface area (TPSA) is 70.1 Å². The van der Waals surface area contributed by atoms with E-state index in [2.05, 4.69) is 20.7 Å². The summed E-state index contributed by atoms with van der Waals surface area (Å²) in [6, 6.07) is 6.80. The van der Waals surface area contributed by atoms with Crippen molar-refractivity contribution in [1.29, 1.82) is 0 Å². The molecule has 0 spiro atoms. The summed E-state index contributed by atoms with van der Waals surface area (Å²) in [5.74, 6) is 0.162. The molecule has 108 valence electrons. The van der Waals surface area contributed by atoms with Gasteiger partial charge in [-0.3, -0.25) is 9.89 Å². The highest BCUT2D eigenvalue weighted by atomic mass is 35.5. The molecule has 0 atom stereocenters. The van der Waals surface area contributed by atoms with Gasteiger partial charge in [0.25, 0.3) is 5.91 Å². The first-order valence-corrected chi connectivity index (χ1v) is 7.23. The maximum Gasteiger partial charge on any atom is 0.291 e. The van der Waals surface area contributed by atoms with Crippen molar-refractivity contribution in [2.24, 2.45) is 5.10 Å². The second kappa shape index (κ2) is 5.87. The van der Waals surface area contributed by atoms with Crippen LogP contribution in [0.25, 0.3) is 0 Å². The molecule has 2 N–H and O–H groups in total. The zero-order valence-electron chi connectivity index (χ0n) is 10.9. The molecule has 0 unspecified atom stereocenters. The van der Waals surface area contributed by atoms with Crippen LogP contribution in [0.2, 0.25) is 10.0 Å². The monoisotopic (exact) mass is 322 g/mol. The number of hydrogen-bond acceptors (Lipinski definition) is 3. The number of rotatable bonds is 4. The highest BCUT2D eigenvalue weighted by Crippen LogP contribution is 2.38. The van der Waals surface area contributed by atoms with Gasteiger partial charge >= 0.3 is 0 Å². The lowest BCUT2D eigenvalue weighted by Gasteiger charge is -1.98. The third kappa shape index (κ3) is 3.43. The molecular formula is C14H12Cl2N4O. The molecular weight excluding hydrogens is 311 g/mol. The molecule has 0 bridgehead atoms. The number of hydrazone groups is 1. The van der Waals surface area contributed by atoms with Crippen LogP contribution in [-0.4, -0.2) is 22.3 Å². The van der Waals surface area contributed by atoms with Crippen LogP contribution in [-0.2, 0) is 0 Å². The van der Waals surface area contributed by atoms with Gasteiger partial charge in [0, 0.05) is 22.2 Å². The SMILES string of the molecule is O=C(NN=Cc1ccc(Cl)cc1Cl)c1cc(C2CC2)[nH]n1. The minimum atomic E-state index is -0.362. The number of H-pyrrole nitrogens is 1. The van der Waals surface area contributed by atoms with E-state index in [1.165, 1.54) is 6.21 Å². The van der Waals surface area contributed by atoms with E-state index in [1.807, 2.05) is 0 Å². The van der Waals surface area contributed by atoms with E-state index in [9.17, 15) is 4.79 Å². The zero-order chi connectivity index (χ0) is 14.8. The van der Waals surface area contributed by atoms with E-state index < -0.39 is 0 Å². The lowest BCUT2D eigenvalue weighted by Crippen LogP contribution is -2.18. The summed E-state index contributed by atoms with van der Waals surface area (Å²) in [6.07, 6.45) is 3.76. The van der Waals surface area contributed by atoms with E-state index in [-0.39, 0.29) is 5.91 Å². The summed E-state index contributed by atoms with van der Waals surface area (Å²) in [4.78, 5) is 11.9. The number of aromatic nitrogens is 2. The Morgan fingerprint density at radius 3 is 2.90 bits per heavy atom. The molecule has 0 saturated heterocycles. The summed E-state index contributed by atoms with van der Waals surface area (Å²) in [7, 11) is 0. The fourth-order valence-electron chi connectivity index (χ4n) is 1.88. The van der Waals surface area contributed by atoms with E-state index >= 15 is 0 Å². The van der Waals surface area contributed by atoms with Crippen LogP contribution < -0.4 is 5.43 Å². The number of nitrogens with one attached hydrogen (secondary N) is 2. The Balaban J connectivity index is 1.62. The molecule has 5 nitrogen and oxygen atoms in total. The highest BCUT2D eigenvalue weighted by Gasteiger charge is 2.26. The quantitative estimate of drug-likeness (QED) is 0.669. The Kier molecular flexibility index (Phi) is 3.94. The molecule has 0 aliphatic heterocycles. The van der Waals surface area contributed by atoms with Crippen molar-refractivity contribution in [2.75, 3.05) is 0 Å². The molecule has 3 rings (SSSR count). The average Bonchev–Trinajstić information content (AvgIpc) is 3.18. The molecule has 2 aromatic rings. The van der Waals surface area contributed by atoms with Crippen molar-refractivity contribution in [1.82, 2.24) is 15.6 Å². The Hall–Kier alpha value is -1.85. The van der Waals surface area contributed by atoms with Crippen molar-refractivity contribution in [3.63, 3.8) is 0 Å². The zero-order valence-corrected chi connectivity index (χ0v) is 12.4. The predicted octanol–water partition coefficient (Wildman–Crippen LogP) is 3.36. The van der Waals surface area contributed by atoms with E-state index in [1.54, 1.807) is 24.3 Å². The molecule has 1 saturated carbocycles. The number of aromatic amines is 1. The van der Waals surface area contributed by atoms with E-state index in [0.29, 0.717) is 27.2 Å². The van der Waals surface area contributed by atoms with Crippen molar-refractivity contribution in [3.05, 3.63) is 51.3 Å². The third-order valence-electron chi connectivity index (χ3n) is 3.18. The number of halogens is 2. The number of hydrogen-bond donors (Lipinski definition) is 2. The minimum Gasteiger partial charge on any atom is -0.281 e. The van der Waals surface area contributed by atoms with Gasteiger partial charge in [-0.1, -0.05) is 29.3 Å². The van der Waals surface area contributed by atoms with Gasteiger partial charge in [-0.15, -0.1) is 0 Å². The highest BCUT2D eigenvalue weighted by molar-refractivity contribution is 6.36. The molecule has 7 heteroatoms. The fraction of sp³-hybridized carbons (Fsp3) is 0.214. The van der Waals surface area contributed by atoms with Crippen LogP contribution in [0.1, 0.15) is 40.5 Å². The van der Waals surface area contributed by atoms with Crippen molar-refractivity contribution in [2.45, 2.75) is 18.8 Å². The maximum atomic E-state index is 11.9. The van der Waals surface area contributed by atoms with Crippen LogP contribution >= 0.6 is 23.2 Å². The summed E-state index contributed by atoms with van der Waals surface area (Å²) in [5, 5.41) is 11.7. The Morgan fingerprint density at radius 1 is 1.38 bits per heavy atom. The molecule has 1 fully saturated rings. The number of carbonyl (C=O) groups excluding carboxylic acids is 1. The molecule has 21 heavy (non-hydrogen) atoms. The number of nitrogens with zero attached hydrogens (tertiary/aromatic N) is 2. The lowest BCUT2D eigenvalue weighted by molar-refractivity contribution is 0.0950. The van der Waals surface area contributed by atoms with Crippen LogP contribution in [0.3, 0.4) is 0 Å². The third-order valence-corrected chi connectivity index (χ3v) is 3.74. The van der Waals surface area contributed by atoms with E-state index in [4.69, 9.17) is 23.2 Å². The standard InChI is InChI=1S/C14H12Cl2N4O/c15-10-4-3-9(11(16)5-10)7-17-20-14(21)13-6-12(18-19-13)8-1-2-8/h3-8H,1-2H2,(H,18,19)(H,20,21). The second-order valence-electron chi connectivity index (χ2n) is 4.85. The summed E-state index contributed by atoms with van der Waals surface area (Å²) in [6.45, 7) is 0. The normalized spacial score (nSPS) is 14.6. The fourth-order valence-corrected chi connectivity index (χ4v) is 2.34. The molecule has 1 aromatic heterocycles. The van der Waals surface area contributed by atoms with Crippen molar-refractivity contribution < 1.29 is 4.79 Å². The van der Waals surface area contributed by atoms with Crippen LogP contribution in [0, 0.1) is 0 Å². The molecule has 1 heterocycles. The molecule has 1 aliphatic rings. The smallest absolute Gasteiger partial charge is 0.281 e. The van der Waals surface area contributed by atoms with Gasteiger partial charge in [-0.05, 0) is 31.0 Å². The summed E-state index contributed by atoms with van der Waals surface area (Å²) in [5.41, 5.74) is 4.42. The van der Waals surface area contributed by atoms with Crippen LogP contribution in [0.15, 0.2) is 29.4 Å². The average molecular weight is 323 g/mol. The first-order chi connectivity index (χ1) is 10.1. The molecule has 0 radical (unpaired) electrons. The Morgan fingerprint density at radius 2 is 2.19 bits per heavy atom. The molecule has 1 aliphatic carbocycles. The Bertz CT molecular complexity index is 707. The Labute approximate surface area is 131 Å². The van der Waals surface area contributed by atoms with Crippen molar-refractivity contribution >= 4 is 35.3 Å². The summed E-state index contributed by atoms with van der Waals surface area (Å²) < 4.78 is 0.